The van der Waals surface area contributed by atoms with Gasteiger partial charge in [-0.25, -0.2) is 0 Å². The number of aliphatic hydroxyl groups excluding tert-OH is 1. The molecule has 0 unspecified atom stereocenters. The molecule has 1 aliphatic carbocycles. The van der Waals surface area contributed by atoms with Crippen molar-refractivity contribution in [2.24, 2.45) is 0 Å². The van der Waals surface area contributed by atoms with Crippen LogP contribution in [-0.2, 0) is 4.79 Å². The SMILES string of the molecule is O=C(CCC(F)(F)F)N[C@H]1CCCC[C@@H]1O. The van der Waals surface area contributed by atoms with Crippen LogP contribution in [0, 0.1) is 0 Å². The van der Waals surface area contributed by atoms with Gasteiger partial charge in [-0.1, -0.05) is 12.8 Å². The number of halogens is 3. The van der Waals surface area contributed by atoms with E-state index in [2.05, 4.69) is 5.32 Å². The lowest BCUT2D eigenvalue weighted by Gasteiger charge is -2.28. The van der Waals surface area contributed by atoms with Gasteiger partial charge in [0, 0.05) is 6.42 Å². The number of hydrogen-bond acceptors (Lipinski definition) is 2. The molecule has 0 heterocycles. The molecule has 0 radical (unpaired) electrons. The van der Waals surface area contributed by atoms with Crippen molar-refractivity contribution in [2.75, 3.05) is 0 Å². The first-order chi connectivity index (χ1) is 7.38. The van der Waals surface area contributed by atoms with E-state index in [-0.39, 0.29) is 6.04 Å². The maximum Gasteiger partial charge on any atom is 0.389 e. The summed E-state index contributed by atoms with van der Waals surface area (Å²) in [4.78, 5) is 11.2. The molecule has 1 fully saturated rings. The van der Waals surface area contributed by atoms with Crippen molar-refractivity contribution in [3.05, 3.63) is 0 Å². The van der Waals surface area contributed by atoms with Crippen LogP contribution in [-0.4, -0.2) is 29.3 Å². The molecule has 2 N–H and O–H groups in total. The molecule has 0 aromatic heterocycles. The molecule has 0 aromatic carbocycles. The van der Waals surface area contributed by atoms with E-state index in [1.54, 1.807) is 0 Å². The molecule has 94 valence electrons. The van der Waals surface area contributed by atoms with Crippen LogP contribution in [0.2, 0.25) is 0 Å². The highest BCUT2D eigenvalue weighted by Crippen LogP contribution is 2.22. The Morgan fingerprint density at radius 3 is 2.50 bits per heavy atom. The second-order valence-electron chi connectivity index (χ2n) is 4.14. The third kappa shape index (κ3) is 4.83. The molecule has 0 bridgehead atoms. The minimum Gasteiger partial charge on any atom is -0.391 e. The van der Waals surface area contributed by atoms with Gasteiger partial charge in [-0.2, -0.15) is 13.2 Å². The van der Waals surface area contributed by atoms with Crippen molar-refractivity contribution in [3.63, 3.8) is 0 Å². The molecular formula is C10H16F3NO2. The van der Waals surface area contributed by atoms with Gasteiger partial charge in [0.05, 0.1) is 18.6 Å². The van der Waals surface area contributed by atoms with Crippen molar-refractivity contribution in [1.29, 1.82) is 0 Å². The summed E-state index contributed by atoms with van der Waals surface area (Å²) in [5.74, 6) is -0.636. The molecule has 0 saturated heterocycles. The fourth-order valence-corrected chi connectivity index (χ4v) is 1.81. The Morgan fingerprint density at radius 2 is 1.94 bits per heavy atom. The summed E-state index contributed by atoms with van der Waals surface area (Å²) in [6.45, 7) is 0. The van der Waals surface area contributed by atoms with Gasteiger partial charge in [0.1, 0.15) is 0 Å². The highest BCUT2D eigenvalue weighted by Gasteiger charge is 2.29. The second-order valence-corrected chi connectivity index (χ2v) is 4.14. The summed E-state index contributed by atoms with van der Waals surface area (Å²) in [6.07, 6.45) is -3.57. The number of carbonyl (C=O) groups is 1. The molecule has 1 rings (SSSR count). The predicted molar refractivity (Wildman–Crippen MR) is 51.7 cm³/mol. The van der Waals surface area contributed by atoms with Crippen LogP contribution >= 0.6 is 0 Å². The van der Waals surface area contributed by atoms with E-state index in [1.165, 1.54) is 0 Å². The molecular weight excluding hydrogens is 223 g/mol. The van der Waals surface area contributed by atoms with Crippen molar-refractivity contribution in [2.45, 2.75) is 56.8 Å². The Labute approximate surface area is 92.0 Å². The average molecular weight is 239 g/mol. The smallest absolute Gasteiger partial charge is 0.389 e. The first kappa shape index (κ1) is 13.3. The summed E-state index contributed by atoms with van der Waals surface area (Å²) in [7, 11) is 0. The monoisotopic (exact) mass is 239 g/mol. The Balaban J connectivity index is 2.28. The maximum atomic E-state index is 11.8. The number of amides is 1. The van der Waals surface area contributed by atoms with E-state index in [0.717, 1.165) is 12.8 Å². The third-order valence-electron chi connectivity index (χ3n) is 2.71. The molecule has 1 saturated carbocycles. The van der Waals surface area contributed by atoms with E-state index in [4.69, 9.17) is 0 Å². The lowest BCUT2D eigenvalue weighted by atomic mass is 9.92. The topological polar surface area (TPSA) is 49.3 Å². The van der Waals surface area contributed by atoms with Crippen LogP contribution in [0.4, 0.5) is 13.2 Å². The van der Waals surface area contributed by atoms with Gasteiger partial charge < -0.3 is 10.4 Å². The zero-order chi connectivity index (χ0) is 12.2. The summed E-state index contributed by atoms with van der Waals surface area (Å²) in [5.41, 5.74) is 0. The van der Waals surface area contributed by atoms with Crippen LogP contribution in [0.5, 0.6) is 0 Å². The second kappa shape index (κ2) is 5.52. The first-order valence-electron chi connectivity index (χ1n) is 5.42. The van der Waals surface area contributed by atoms with E-state index in [1.807, 2.05) is 0 Å². The van der Waals surface area contributed by atoms with Gasteiger partial charge in [-0.15, -0.1) is 0 Å². The maximum absolute atomic E-state index is 11.8. The number of hydrogen-bond donors (Lipinski definition) is 2. The van der Waals surface area contributed by atoms with Gasteiger partial charge in [0.2, 0.25) is 5.91 Å². The van der Waals surface area contributed by atoms with E-state index < -0.39 is 31.0 Å². The predicted octanol–water partition coefficient (Wildman–Crippen LogP) is 1.75. The molecule has 1 amide bonds. The fraction of sp³-hybridized carbons (Fsp3) is 0.900. The molecule has 2 atom stereocenters. The number of aliphatic hydroxyl groups is 1. The first-order valence-corrected chi connectivity index (χ1v) is 5.42. The molecule has 16 heavy (non-hydrogen) atoms. The standard InChI is InChI=1S/C10H16F3NO2/c11-10(12,13)6-5-9(16)14-7-3-1-2-4-8(7)15/h7-8,15H,1-6H2,(H,14,16)/t7-,8-/m0/s1. The number of carbonyl (C=O) groups excluding carboxylic acids is 1. The largest absolute Gasteiger partial charge is 0.391 e. The molecule has 0 aliphatic heterocycles. The fourth-order valence-electron chi connectivity index (χ4n) is 1.81. The van der Waals surface area contributed by atoms with Crippen molar-refractivity contribution in [1.82, 2.24) is 5.32 Å². The molecule has 6 heteroatoms. The lowest BCUT2D eigenvalue weighted by Crippen LogP contribution is -2.45. The lowest BCUT2D eigenvalue weighted by molar-refractivity contribution is -0.144. The van der Waals surface area contributed by atoms with Crippen LogP contribution in [0.3, 0.4) is 0 Å². The Morgan fingerprint density at radius 1 is 1.31 bits per heavy atom. The Bertz CT molecular complexity index is 243. The van der Waals surface area contributed by atoms with Gasteiger partial charge in [-0.05, 0) is 12.8 Å². The normalized spacial score (nSPS) is 26.5. The van der Waals surface area contributed by atoms with Gasteiger partial charge >= 0.3 is 6.18 Å². The minimum atomic E-state index is -4.30. The number of rotatable bonds is 3. The molecule has 1 aliphatic rings. The Hall–Kier alpha value is -0.780. The van der Waals surface area contributed by atoms with Gasteiger partial charge in [-0.3, -0.25) is 4.79 Å². The third-order valence-corrected chi connectivity index (χ3v) is 2.71. The molecule has 3 nitrogen and oxygen atoms in total. The average Bonchev–Trinajstić information content (AvgIpc) is 2.18. The van der Waals surface area contributed by atoms with Gasteiger partial charge in [0.15, 0.2) is 0 Å². The zero-order valence-electron chi connectivity index (χ0n) is 8.89. The highest BCUT2D eigenvalue weighted by molar-refractivity contribution is 5.76. The van der Waals surface area contributed by atoms with E-state index in [9.17, 15) is 23.1 Å². The van der Waals surface area contributed by atoms with Crippen LogP contribution in [0.1, 0.15) is 38.5 Å². The Kier molecular flexibility index (Phi) is 4.58. The highest BCUT2D eigenvalue weighted by atomic mass is 19.4. The van der Waals surface area contributed by atoms with Crippen LogP contribution in [0.25, 0.3) is 0 Å². The summed E-state index contributed by atoms with van der Waals surface area (Å²) in [5, 5.41) is 12.0. The minimum absolute atomic E-state index is 0.380. The zero-order valence-corrected chi connectivity index (χ0v) is 8.89. The van der Waals surface area contributed by atoms with Crippen LogP contribution < -0.4 is 5.32 Å². The molecule has 0 aromatic rings. The summed E-state index contributed by atoms with van der Waals surface area (Å²) in [6, 6.07) is -0.380. The van der Waals surface area contributed by atoms with E-state index >= 15 is 0 Å². The van der Waals surface area contributed by atoms with Crippen LogP contribution in [0.15, 0.2) is 0 Å². The van der Waals surface area contributed by atoms with Crippen molar-refractivity contribution < 1.29 is 23.1 Å². The van der Waals surface area contributed by atoms with Crippen molar-refractivity contribution >= 4 is 5.91 Å². The quantitative estimate of drug-likeness (QED) is 0.788. The van der Waals surface area contributed by atoms with Gasteiger partial charge in [0.25, 0.3) is 0 Å². The van der Waals surface area contributed by atoms with E-state index in [0.29, 0.717) is 12.8 Å². The number of nitrogens with one attached hydrogen (secondary N) is 1. The molecule has 0 spiro atoms. The number of alkyl halides is 3. The summed E-state index contributed by atoms with van der Waals surface area (Å²) >= 11 is 0. The summed E-state index contributed by atoms with van der Waals surface area (Å²) < 4.78 is 35.5. The van der Waals surface area contributed by atoms with Crippen molar-refractivity contribution in [3.8, 4) is 0 Å².